The van der Waals surface area contributed by atoms with E-state index in [0.717, 1.165) is 16.5 Å². The Morgan fingerprint density at radius 3 is 2.53 bits per heavy atom. The van der Waals surface area contributed by atoms with Crippen molar-refractivity contribution in [1.29, 1.82) is 0 Å². The molecule has 0 bridgehead atoms. The van der Waals surface area contributed by atoms with Gasteiger partial charge in [-0.05, 0) is 11.5 Å². The molecule has 0 atom stereocenters. The number of benzene rings is 2. The summed E-state index contributed by atoms with van der Waals surface area (Å²) in [5, 5.41) is 5.22. The number of amides is 1. The van der Waals surface area contributed by atoms with Crippen LogP contribution in [0.3, 0.4) is 0 Å². The second-order valence-corrected chi connectivity index (χ2v) is 7.28. The SMILES string of the molecule is CC(C)(C)SCC(=O)Nc1cccc2ccccc12. The molecule has 0 aliphatic carbocycles. The minimum Gasteiger partial charge on any atom is -0.325 e. The number of fused-ring (bicyclic) bond motifs is 1. The lowest BCUT2D eigenvalue weighted by atomic mass is 10.1. The predicted octanol–water partition coefficient (Wildman–Crippen LogP) is 4.31. The molecule has 2 aromatic carbocycles. The van der Waals surface area contributed by atoms with Gasteiger partial charge in [-0.3, -0.25) is 4.79 Å². The van der Waals surface area contributed by atoms with Gasteiger partial charge in [0.2, 0.25) is 5.91 Å². The van der Waals surface area contributed by atoms with Gasteiger partial charge in [0.1, 0.15) is 0 Å². The van der Waals surface area contributed by atoms with E-state index >= 15 is 0 Å². The van der Waals surface area contributed by atoms with Crippen molar-refractivity contribution < 1.29 is 4.79 Å². The van der Waals surface area contributed by atoms with Gasteiger partial charge in [-0.25, -0.2) is 0 Å². The molecule has 2 nitrogen and oxygen atoms in total. The van der Waals surface area contributed by atoms with Gasteiger partial charge in [-0.1, -0.05) is 57.2 Å². The molecular weight excluding hydrogens is 254 g/mol. The van der Waals surface area contributed by atoms with Crippen molar-refractivity contribution in [2.24, 2.45) is 0 Å². The molecule has 0 fully saturated rings. The van der Waals surface area contributed by atoms with Gasteiger partial charge < -0.3 is 5.32 Å². The number of hydrogen-bond acceptors (Lipinski definition) is 2. The highest BCUT2D eigenvalue weighted by Gasteiger charge is 2.13. The topological polar surface area (TPSA) is 29.1 Å². The summed E-state index contributed by atoms with van der Waals surface area (Å²) in [6, 6.07) is 14.0. The molecule has 2 aromatic rings. The van der Waals surface area contributed by atoms with Crippen molar-refractivity contribution in [2.45, 2.75) is 25.5 Å². The smallest absolute Gasteiger partial charge is 0.234 e. The summed E-state index contributed by atoms with van der Waals surface area (Å²) in [4.78, 5) is 12.0. The van der Waals surface area contributed by atoms with E-state index in [2.05, 4.69) is 38.2 Å². The number of rotatable bonds is 3. The average Bonchev–Trinajstić information content (AvgIpc) is 2.36. The third-order valence-electron chi connectivity index (χ3n) is 2.70. The van der Waals surface area contributed by atoms with Crippen LogP contribution in [-0.4, -0.2) is 16.4 Å². The first kappa shape index (κ1) is 13.9. The molecule has 100 valence electrons. The highest BCUT2D eigenvalue weighted by atomic mass is 32.2. The van der Waals surface area contributed by atoms with Crippen LogP contribution in [0.1, 0.15) is 20.8 Å². The van der Waals surface area contributed by atoms with Crippen LogP contribution in [0.2, 0.25) is 0 Å². The average molecular weight is 273 g/mol. The lowest BCUT2D eigenvalue weighted by Gasteiger charge is -2.17. The highest BCUT2D eigenvalue weighted by molar-refractivity contribution is 8.01. The van der Waals surface area contributed by atoms with Crippen molar-refractivity contribution in [3.63, 3.8) is 0 Å². The van der Waals surface area contributed by atoms with E-state index < -0.39 is 0 Å². The van der Waals surface area contributed by atoms with Gasteiger partial charge in [0.25, 0.3) is 0 Å². The highest BCUT2D eigenvalue weighted by Crippen LogP contribution is 2.25. The maximum absolute atomic E-state index is 12.0. The van der Waals surface area contributed by atoms with E-state index in [1.165, 1.54) is 0 Å². The molecule has 0 aromatic heterocycles. The van der Waals surface area contributed by atoms with Crippen LogP contribution in [0, 0.1) is 0 Å². The first-order chi connectivity index (χ1) is 8.96. The van der Waals surface area contributed by atoms with E-state index in [9.17, 15) is 4.79 Å². The van der Waals surface area contributed by atoms with E-state index in [0.29, 0.717) is 5.75 Å². The molecule has 0 unspecified atom stereocenters. The van der Waals surface area contributed by atoms with Gasteiger partial charge in [0.05, 0.1) is 5.75 Å². The van der Waals surface area contributed by atoms with Crippen molar-refractivity contribution in [3.05, 3.63) is 42.5 Å². The van der Waals surface area contributed by atoms with Crippen LogP contribution in [0.25, 0.3) is 10.8 Å². The summed E-state index contributed by atoms with van der Waals surface area (Å²) < 4.78 is 0.107. The quantitative estimate of drug-likeness (QED) is 0.903. The Hall–Kier alpha value is -1.48. The van der Waals surface area contributed by atoms with Crippen molar-refractivity contribution in [1.82, 2.24) is 0 Å². The molecule has 0 saturated heterocycles. The Balaban J connectivity index is 2.11. The Labute approximate surface area is 118 Å². The van der Waals surface area contributed by atoms with E-state index in [1.54, 1.807) is 11.8 Å². The van der Waals surface area contributed by atoms with Gasteiger partial charge >= 0.3 is 0 Å². The van der Waals surface area contributed by atoms with E-state index in [4.69, 9.17) is 0 Å². The molecule has 2 rings (SSSR count). The van der Waals surface area contributed by atoms with Crippen molar-refractivity contribution in [2.75, 3.05) is 11.1 Å². The standard InChI is InChI=1S/C16H19NOS/c1-16(2,3)19-11-15(18)17-14-10-6-8-12-7-4-5-9-13(12)14/h4-10H,11H2,1-3H3,(H,17,18). The number of carbonyl (C=O) groups is 1. The third kappa shape index (κ3) is 4.00. The maximum Gasteiger partial charge on any atom is 0.234 e. The molecule has 1 amide bonds. The number of nitrogens with one attached hydrogen (secondary N) is 1. The van der Waals surface area contributed by atoms with E-state index in [1.807, 2.05) is 30.3 Å². The first-order valence-corrected chi connectivity index (χ1v) is 7.36. The molecule has 3 heteroatoms. The fourth-order valence-electron chi connectivity index (χ4n) is 1.80. The largest absolute Gasteiger partial charge is 0.325 e. The molecule has 19 heavy (non-hydrogen) atoms. The van der Waals surface area contributed by atoms with Crippen molar-refractivity contribution >= 4 is 34.1 Å². The van der Waals surface area contributed by atoms with Crippen LogP contribution in [-0.2, 0) is 4.79 Å². The van der Waals surface area contributed by atoms with Gasteiger partial charge in [0.15, 0.2) is 0 Å². The van der Waals surface area contributed by atoms with Crippen LogP contribution in [0.4, 0.5) is 5.69 Å². The van der Waals surface area contributed by atoms with Gasteiger partial charge in [0, 0.05) is 15.8 Å². The second-order valence-electron chi connectivity index (χ2n) is 5.48. The summed E-state index contributed by atoms with van der Waals surface area (Å²) >= 11 is 1.65. The van der Waals surface area contributed by atoms with Gasteiger partial charge in [-0.2, -0.15) is 0 Å². The predicted molar refractivity (Wildman–Crippen MR) is 84.8 cm³/mol. The summed E-state index contributed by atoms with van der Waals surface area (Å²) in [5.74, 6) is 0.531. The molecule has 0 radical (unpaired) electrons. The molecule has 0 aliphatic rings. The van der Waals surface area contributed by atoms with E-state index in [-0.39, 0.29) is 10.7 Å². The Bertz CT molecular complexity index is 581. The molecule has 0 saturated carbocycles. The molecule has 0 aliphatic heterocycles. The van der Waals surface area contributed by atoms with Gasteiger partial charge in [-0.15, -0.1) is 11.8 Å². The van der Waals surface area contributed by atoms with Crippen molar-refractivity contribution in [3.8, 4) is 0 Å². The lowest BCUT2D eigenvalue weighted by Crippen LogP contribution is -2.19. The summed E-state index contributed by atoms with van der Waals surface area (Å²) in [7, 11) is 0. The zero-order chi connectivity index (χ0) is 13.9. The Morgan fingerprint density at radius 1 is 1.11 bits per heavy atom. The Kier molecular flexibility index (Phi) is 4.15. The number of anilines is 1. The molecular formula is C16H19NOS. The first-order valence-electron chi connectivity index (χ1n) is 6.37. The second kappa shape index (κ2) is 5.66. The van der Waals surface area contributed by atoms with Crippen LogP contribution >= 0.6 is 11.8 Å². The van der Waals surface area contributed by atoms with Crippen LogP contribution < -0.4 is 5.32 Å². The summed E-state index contributed by atoms with van der Waals surface area (Å²) in [5.41, 5.74) is 0.887. The normalized spacial score (nSPS) is 11.5. The van der Waals surface area contributed by atoms with Crippen LogP contribution in [0.15, 0.2) is 42.5 Å². The molecule has 0 spiro atoms. The Morgan fingerprint density at radius 2 is 1.79 bits per heavy atom. The minimum atomic E-state index is 0.0521. The third-order valence-corrected chi connectivity index (χ3v) is 3.97. The summed E-state index contributed by atoms with van der Waals surface area (Å²) in [6.45, 7) is 6.34. The number of carbonyl (C=O) groups excluding carboxylic acids is 1. The lowest BCUT2D eigenvalue weighted by molar-refractivity contribution is -0.113. The zero-order valence-corrected chi connectivity index (χ0v) is 12.4. The fourth-order valence-corrected chi connectivity index (χ4v) is 2.44. The summed E-state index contributed by atoms with van der Waals surface area (Å²) in [6.07, 6.45) is 0. The zero-order valence-electron chi connectivity index (χ0n) is 11.6. The fraction of sp³-hybridized carbons (Fsp3) is 0.312. The number of thioether (sulfide) groups is 1. The van der Waals surface area contributed by atoms with Crippen LogP contribution in [0.5, 0.6) is 0 Å². The minimum absolute atomic E-state index is 0.0521. The molecule has 1 N–H and O–H groups in total. The monoisotopic (exact) mass is 273 g/mol. The maximum atomic E-state index is 12.0. The molecule has 0 heterocycles. The number of hydrogen-bond donors (Lipinski definition) is 1.